The van der Waals surface area contributed by atoms with Gasteiger partial charge in [-0.2, -0.15) is 0 Å². The van der Waals surface area contributed by atoms with Crippen molar-refractivity contribution < 1.29 is 14.7 Å². The molecule has 104 valence electrons. The van der Waals surface area contributed by atoms with Gasteiger partial charge in [-0.15, -0.1) is 0 Å². The van der Waals surface area contributed by atoms with Gasteiger partial charge in [-0.05, 0) is 30.0 Å². The Morgan fingerprint density at radius 3 is 2.68 bits per heavy atom. The van der Waals surface area contributed by atoms with Crippen LogP contribution in [0.25, 0.3) is 0 Å². The van der Waals surface area contributed by atoms with E-state index in [1.54, 1.807) is 0 Å². The lowest BCUT2D eigenvalue weighted by Crippen LogP contribution is -2.29. The van der Waals surface area contributed by atoms with Gasteiger partial charge >= 0.3 is 12.0 Å². The zero-order valence-electron chi connectivity index (χ0n) is 11.3. The number of aliphatic carboxylic acids is 1. The summed E-state index contributed by atoms with van der Waals surface area (Å²) in [5.41, 5.74) is 1.89. The van der Waals surface area contributed by atoms with Gasteiger partial charge in [0.1, 0.15) is 0 Å². The molecule has 19 heavy (non-hydrogen) atoms. The van der Waals surface area contributed by atoms with Gasteiger partial charge in [-0.3, -0.25) is 4.79 Å². The second-order valence-corrected chi connectivity index (χ2v) is 4.66. The third-order valence-corrected chi connectivity index (χ3v) is 2.66. The van der Waals surface area contributed by atoms with Crippen LogP contribution in [0.5, 0.6) is 0 Å². The van der Waals surface area contributed by atoms with Crippen molar-refractivity contribution in [3.63, 3.8) is 0 Å². The number of hydrogen-bond donors (Lipinski definition) is 3. The minimum atomic E-state index is -0.855. The minimum Gasteiger partial charge on any atom is -0.481 e. The maximum atomic E-state index is 11.6. The fourth-order valence-electron chi connectivity index (χ4n) is 1.59. The van der Waals surface area contributed by atoms with Crippen molar-refractivity contribution in [3.05, 3.63) is 29.8 Å². The molecular weight excluding hydrogens is 244 g/mol. The van der Waals surface area contributed by atoms with Crippen LogP contribution in [-0.2, 0) is 4.79 Å². The van der Waals surface area contributed by atoms with Crippen molar-refractivity contribution >= 4 is 17.7 Å². The van der Waals surface area contributed by atoms with Crippen LogP contribution in [0.4, 0.5) is 10.5 Å². The molecule has 0 aliphatic carbocycles. The average Bonchev–Trinajstić information content (AvgIpc) is 2.34. The van der Waals surface area contributed by atoms with Crippen LogP contribution in [-0.4, -0.2) is 23.7 Å². The number of hydrogen-bond acceptors (Lipinski definition) is 2. The summed E-state index contributed by atoms with van der Waals surface area (Å²) in [6.45, 7) is 4.53. The Hall–Kier alpha value is -2.04. The lowest BCUT2D eigenvalue weighted by Gasteiger charge is -2.10. The van der Waals surface area contributed by atoms with Gasteiger partial charge in [-0.1, -0.05) is 26.0 Å². The molecule has 5 heteroatoms. The van der Waals surface area contributed by atoms with Crippen molar-refractivity contribution in [2.45, 2.75) is 32.6 Å². The van der Waals surface area contributed by atoms with Crippen molar-refractivity contribution in [1.29, 1.82) is 0 Å². The number of urea groups is 1. The fraction of sp³-hybridized carbons (Fsp3) is 0.429. The standard InChI is InChI=1S/C14H20N2O3/c1-10(2)11-5-3-6-12(9-11)16-14(19)15-8-4-7-13(17)18/h3,5-6,9-10H,4,7-8H2,1-2H3,(H,17,18)(H2,15,16,19). The number of carboxylic acid groups (broad SMARTS) is 1. The Morgan fingerprint density at radius 1 is 1.32 bits per heavy atom. The van der Waals surface area contributed by atoms with Gasteiger partial charge in [0.15, 0.2) is 0 Å². The van der Waals surface area contributed by atoms with E-state index in [2.05, 4.69) is 24.5 Å². The van der Waals surface area contributed by atoms with Crippen molar-refractivity contribution in [1.82, 2.24) is 5.32 Å². The molecule has 0 spiro atoms. The van der Waals surface area contributed by atoms with Gasteiger partial charge in [0, 0.05) is 18.7 Å². The molecule has 0 aromatic heterocycles. The van der Waals surface area contributed by atoms with E-state index in [-0.39, 0.29) is 12.5 Å². The quantitative estimate of drug-likeness (QED) is 0.691. The van der Waals surface area contributed by atoms with Crippen molar-refractivity contribution in [3.8, 4) is 0 Å². The largest absolute Gasteiger partial charge is 0.481 e. The van der Waals surface area contributed by atoms with Gasteiger partial charge in [0.25, 0.3) is 0 Å². The number of rotatable bonds is 6. The smallest absolute Gasteiger partial charge is 0.319 e. The molecule has 2 amide bonds. The molecule has 0 atom stereocenters. The summed E-state index contributed by atoms with van der Waals surface area (Å²) >= 11 is 0. The first-order chi connectivity index (χ1) is 8.99. The van der Waals surface area contributed by atoms with Crippen LogP contribution >= 0.6 is 0 Å². The SMILES string of the molecule is CC(C)c1cccc(NC(=O)NCCCC(=O)O)c1. The van der Waals surface area contributed by atoms with E-state index in [1.165, 1.54) is 0 Å². The van der Waals surface area contributed by atoms with Gasteiger partial charge in [0.2, 0.25) is 0 Å². The summed E-state index contributed by atoms with van der Waals surface area (Å²) in [7, 11) is 0. The van der Waals surface area contributed by atoms with Gasteiger partial charge < -0.3 is 15.7 Å². The van der Waals surface area contributed by atoms with E-state index in [0.717, 1.165) is 11.3 Å². The molecule has 5 nitrogen and oxygen atoms in total. The zero-order valence-corrected chi connectivity index (χ0v) is 11.3. The van der Waals surface area contributed by atoms with Crippen LogP contribution in [0.15, 0.2) is 24.3 Å². The highest BCUT2D eigenvalue weighted by atomic mass is 16.4. The van der Waals surface area contributed by atoms with Crippen LogP contribution in [0.3, 0.4) is 0 Å². The molecule has 0 saturated heterocycles. The number of amides is 2. The summed E-state index contributed by atoms with van der Waals surface area (Å²) in [5.74, 6) is -0.452. The third kappa shape index (κ3) is 5.90. The molecule has 3 N–H and O–H groups in total. The molecule has 0 radical (unpaired) electrons. The van der Waals surface area contributed by atoms with Crippen LogP contribution < -0.4 is 10.6 Å². The van der Waals surface area contributed by atoms with Gasteiger partial charge in [0.05, 0.1) is 0 Å². The first-order valence-corrected chi connectivity index (χ1v) is 6.35. The molecule has 1 aromatic rings. The maximum Gasteiger partial charge on any atom is 0.319 e. The predicted octanol–water partition coefficient (Wildman–Crippen LogP) is 2.80. The molecule has 0 fully saturated rings. The summed E-state index contributed by atoms with van der Waals surface area (Å²) in [6.07, 6.45) is 0.484. The molecule has 0 aliphatic heterocycles. The monoisotopic (exact) mass is 264 g/mol. The van der Waals surface area contributed by atoms with E-state index in [1.807, 2.05) is 24.3 Å². The fourth-order valence-corrected chi connectivity index (χ4v) is 1.59. The van der Waals surface area contributed by atoms with E-state index in [0.29, 0.717) is 18.9 Å². The molecule has 0 heterocycles. The molecule has 1 aromatic carbocycles. The second kappa shape index (κ2) is 7.41. The van der Waals surface area contributed by atoms with Crippen molar-refractivity contribution in [2.24, 2.45) is 0 Å². The van der Waals surface area contributed by atoms with Crippen molar-refractivity contribution in [2.75, 3.05) is 11.9 Å². The predicted molar refractivity (Wildman–Crippen MR) is 74.4 cm³/mol. The van der Waals surface area contributed by atoms with Gasteiger partial charge in [-0.25, -0.2) is 4.79 Å². The number of anilines is 1. The first kappa shape index (κ1) is 15.0. The van der Waals surface area contributed by atoms with E-state index in [4.69, 9.17) is 5.11 Å². The highest BCUT2D eigenvalue weighted by Gasteiger charge is 2.04. The summed E-state index contributed by atoms with van der Waals surface area (Å²) in [5, 5.41) is 13.8. The molecule has 0 bridgehead atoms. The van der Waals surface area contributed by atoms with Crippen LogP contribution in [0.2, 0.25) is 0 Å². The zero-order chi connectivity index (χ0) is 14.3. The molecule has 0 unspecified atom stereocenters. The number of benzene rings is 1. The Kier molecular flexibility index (Phi) is 5.85. The number of carboxylic acids is 1. The first-order valence-electron chi connectivity index (χ1n) is 6.35. The summed E-state index contributed by atoms with van der Waals surface area (Å²) in [6, 6.07) is 7.35. The highest BCUT2D eigenvalue weighted by Crippen LogP contribution is 2.18. The lowest BCUT2D eigenvalue weighted by atomic mass is 10.0. The number of nitrogens with one attached hydrogen (secondary N) is 2. The lowest BCUT2D eigenvalue weighted by molar-refractivity contribution is -0.137. The average molecular weight is 264 g/mol. The topological polar surface area (TPSA) is 78.4 Å². The maximum absolute atomic E-state index is 11.6. The van der Waals surface area contributed by atoms with Crippen LogP contribution in [0.1, 0.15) is 38.2 Å². The molecular formula is C14H20N2O3. The highest BCUT2D eigenvalue weighted by molar-refractivity contribution is 5.89. The molecule has 0 saturated carbocycles. The summed E-state index contributed by atoms with van der Waals surface area (Å²) < 4.78 is 0. The Labute approximate surface area is 113 Å². The van der Waals surface area contributed by atoms with Crippen LogP contribution in [0, 0.1) is 0 Å². The normalized spacial score (nSPS) is 10.3. The third-order valence-electron chi connectivity index (χ3n) is 2.66. The van der Waals surface area contributed by atoms with E-state index >= 15 is 0 Å². The Morgan fingerprint density at radius 2 is 2.05 bits per heavy atom. The summed E-state index contributed by atoms with van der Waals surface area (Å²) in [4.78, 5) is 21.9. The molecule has 1 rings (SSSR count). The Balaban J connectivity index is 2.39. The number of carbonyl (C=O) groups excluding carboxylic acids is 1. The Bertz CT molecular complexity index is 444. The van der Waals surface area contributed by atoms with E-state index < -0.39 is 5.97 Å². The van der Waals surface area contributed by atoms with E-state index in [9.17, 15) is 9.59 Å². The molecule has 0 aliphatic rings. The number of carbonyl (C=O) groups is 2. The second-order valence-electron chi connectivity index (χ2n) is 4.66. The minimum absolute atomic E-state index is 0.0586.